The highest BCUT2D eigenvalue weighted by Gasteiger charge is 2.28. The van der Waals surface area contributed by atoms with Crippen LogP contribution >= 0.6 is 0 Å². The number of rotatable bonds is 25. The van der Waals surface area contributed by atoms with E-state index in [0.29, 0.717) is 95.0 Å². The molecule has 0 aliphatic carbocycles. The third kappa shape index (κ3) is 21.1. The maximum absolute atomic E-state index is 13.6. The Morgan fingerprint density at radius 1 is 0.317 bits per heavy atom. The summed E-state index contributed by atoms with van der Waals surface area (Å²) in [6, 6.07) is 71.4. The van der Waals surface area contributed by atoms with Gasteiger partial charge in [0, 0.05) is 105 Å². The lowest BCUT2D eigenvalue weighted by atomic mass is 10.00. The Morgan fingerprint density at radius 3 is 0.951 bits per heavy atom. The van der Waals surface area contributed by atoms with E-state index in [0.717, 1.165) is 11.1 Å². The molecular formula is C102H75N27O13. The first-order chi connectivity index (χ1) is 69.1. The fourth-order valence-corrected chi connectivity index (χ4v) is 14.2. The molecule has 696 valence electrons. The Bertz CT molecular complexity index is 8160. The number of nitrogens with zero attached hydrogens (tertiary/aromatic N) is 21. The van der Waals surface area contributed by atoms with Crippen LogP contribution in [0.2, 0.25) is 0 Å². The molecule has 0 bridgehead atoms. The number of nitriles is 3. The van der Waals surface area contributed by atoms with E-state index in [1.54, 1.807) is 194 Å². The number of ether oxygens (including phenoxy) is 4. The lowest BCUT2D eigenvalue weighted by Crippen LogP contribution is -2.14. The monoisotopic (exact) mass is 1890 g/mol. The second kappa shape index (κ2) is 42.9. The van der Waals surface area contributed by atoms with Crippen LogP contribution in [0.15, 0.2) is 323 Å². The van der Waals surface area contributed by atoms with Crippen molar-refractivity contribution in [1.82, 2.24) is 59.2 Å². The number of aromatic hydroxyl groups is 3. The predicted octanol–water partition coefficient (Wildman–Crippen LogP) is 19.6. The molecule has 18 aromatic rings. The molecule has 18 rings (SSSR count). The molecule has 9 N–H and O–H groups in total. The molecule has 40 nitrogen and oxygen atoms in total. The Kier molecular flexibility index (Phi) is 28.5. The van der Waals surface area contributed by atoms with E-state index in [2.05, 4.69) is 108 Å². The number of aromatic nitrogens is 12. The Labute approximate surface area is 805 Å². The van der Waals surface area contributed by atoms with Crippen molar-refractivity contribution < 1.29 is 63.0 Å². The zero-order chi connectivity index (χ0) is 99.5. The summed E-state index contributed by atoms with van der Waals surface area (Å²) in [6.07, 6.45) is 12.9. The van der Waals surface area contributed by atoms with Crippen molar-refractivity contribution in [2.45, 2.75) is 13.8 Å². The number of hydrogen-bond acceptors (Lipinski definition) is 31. The SMILES string of the molecule is COc1cccc(NC(=O)c2ccc3c(N=Nc4c(C#N)cnn4-c4ncccn4)c(O)c(C(=O)Nc4cccc(OC)c4)cc3c2)c1.COc1ccccc1NC(=O)c1ccc2c(N=Nc3c(C#N)cnn3-c3ncccn3)c(O)c(C(=O)Nc3ccccc3OC)cc2c1.Cc1ccc(NC(=O)c2ccc3c(N=Nc4c(C#N)cnn4-c4ncccn4)c(O)c(C(=O)Nc4ccc(C)cc4)cc3c2)cc1. The molecule has 6 amide bonds. The molecule has 6 aromatic heterocycles. The number of carbonyl (C=O) groups excluding carboxylic acids is 6. The normalized spacial score (nSPS) is 10.9. The summed E-state index contributed by atoms with van der Waals surface area (Å²) in [4.78, 5) is 105. The summed E-state index contributed by atoms with van der Waals surface area (Å²) in [5.74, 6) is -2.19. The van der Waals surface area contributed by atoms with E-state index >= 15 is 0 Å². The molecule has 142 heavy (non-hydrogen) atoms. The number of methoxy groups -OCH3 is 4. The van der Waals surface area contributed by atoms with E-state index < -0.39 is 46.8 Å². The first kappa shape index (κ1) is 94.2. The van der Waals surface area contributed by atoms with Crippen LogP contribution < -0.4 is 50.8 Å². The van der Waals surface area contributed by atoms with Gasteiger partial charge in [0.15, 0.2) is 34.7 Å². The Hall–Kier alpha value is -21.0. The largest absolute Gasteiger partial charge is 0.505 e. The van der Waals surface area contributed by atoms with Gasteiger partial charge in [-0.2, -0.15) is 45.1 Å². The number of nitrogens with one attached hydrogen (secondary N) is 6. The summed E-state index contributed by atoms with van der Waals surface area (Å²) in [7, 11) is 6.00. The summed E-state index contributed by atoms with van der Waals surface area (Å²) in [6.45, 7) is 3.88. The maximum atomic E-state index is 13.6. The second-order valence-corrected chi connectivity index (χ2v) is 30.5. The standard InChI is InChI=1S/2C34H25N9O5.C34H25N9O3/c1-47-25-8-3-6-23(16-25)39-32(45)20-10-11-27-21(14-20)15-28(33(46)40-24-7-4-9-26(17-24)48-2)30(44)29(27)41-42-31-22(18-35)19-38-43(31)34-36-12-5-13-37-34;1-47-27-10-5-3-8-25(27)39-32(45)20-12-13-23-21(16-20)17-24(33(46)40-26-9-4-6-11-28(26)48-2)30(44)29(23)41-42-31-22(18-35)19-38-43(31)34-36-14-7-15-37-34;1-20-4-9-25(10-5-20)39-32(45)22-8-13-27-23(16-22)17-28(33(46)40-26-11-6-21(2)7-12-26)30(44)29(27)41-42-31-24(18-35)19-38-43(31)34-36-14-3-15-37-34/h2*3-17,19,44H,1-2H3,(H,39,45)(H,40,46);3-17,19,44H,1-2H3,(H,39,45)(H,40,46). The van der Waals surface area contributed by atoms with Gasteiger partial charge in [0.25, 0.3) is 53.3 Å². The van der Waals surface area contributed by atoms with Crippen LogP contribution in [0.3, 0.4) is 0 Å². The number of phenolic OH excluding ortho intramolecular Hbond substituents is 3. The number of anilines is 6. The van der Waals surface area contributed by atoms with Crippen LogP contribution in [0.1, 0.15) is 90.0 Å². The van der Waals surface area contributed by atoms with Crippen molar-refractivity contribution in [2.24, 2.45) is 30.7 Å². The van der Waals surface area contributed by atoms with Gasteiger partial charge in [0.05, 0.1) is 75.1 Å². The Morgan fingerprint density at radius 2 is 0.620 bits per heavy atom. The number of amides is 6. The summed E-state index contributed by atoms with van der Waals surface area (Å²) >= 11 is 0. The average Bonchev–Trinajstić information content (AvgIpc) is 0.844. The van der Waals surface area contributed by atoms with Crippen molar-refractivity contribution in [3.05, 3.63) is 354 Å². The molecule has 0 atom stereocenters. The molecule has 0 unspecified atom stereocenters. The van der Waals surface area contributed by atoms with Crippen LogP contribution in [-0.4, -0.2) is 138 Å². The van der Waals surface area contributed by atoms with Crippen LogP contribution in [0.25, 0.3) is 50.2 Å². The van der Waals surface area contributed by atoms with Crippen molar-refractivity contribution >= 4 is 136 Å². The average molecular weight is 1890 g/mol. The van der Waals surface area contributed by atoms with Gasteiger partial charge < -0.3 is 66.2 Å². The maximum Gasteiger partial charge on any atom is 0.259 e. The number of para-hydroxylation sites is 4. The molecule has 0 aliphatic heterocycles. The number of azo groups is 3. The van der Waals surface area contributed by atoms with Gasteiger partial charge in [-0.05, 0) is 176 Å². The molecule has 0 fully saturated rings. The topological polar surface area (TPSA) is 549 Å². The minimum Gasteiger partial charge on any atom is -0.505 e. The summed E-state index contributed by atoms with van der Waals surface area (Å²) in [5.41, 5.74) is 5.40. The molecule has 0 radical (unpaired) electrons. The third-order valence-electron chi connectivity index (χ3n) is 21.3. The number of fused-ring (bicyclic) bond motifs is 3. The van der Waals surface area contributed by atoms with Crippen LogP contribution in [0, 0.1) is 47.8 Å². The highest BCUT2D eigenvalue weighted by Crippen LogP contribution is 2.46. The van der Waals surface area contributed by atoms with Gasteiger partial charge in [-0.3, -0.25) is 28.8 Å². The van der Waals surface area contributed by atoms with Crippen LogP contribution in [0.5, 0.6) is 40.2 Å². The van der Waals surface area contributed by atoms with Gasteiger partial charge >= 0.3 is 0 Å². The first-order valence-corrected chi connectivity index (χ1v) is 42.6. The van der Waals surface area contributed by atoms with Gasteiger partial charge in [-0.25, -0.2) is 29.9 Å². The molecule has 40 heteroatoms. The Balaban J connectivity index is 0.000000153. The van der Waals surface area contributed by atoms with E-state index in [4.69, 9.17) is 18.9 Å². The predicted molar refractivity (Wildman–Crippen MR) is 523 cm³/mol. The highest BCUT2D eigenvalue weighted by molar-refractivity contribution is 6.17. The van der Waals surface area contributed by atoms with Gasteiger partial charge in [0.2, 0.25) is 0 Å². The van der Waals surface area contributed by atoms with Crippen LogP contribution in [0.4, 0.5) is 68.6 Å². The van der Waals surface area contributed by atoms with Crippen LogP contribution in [-0.2, 0) is 0 Å². The number of benzene rings is 12. The summed E-state index contributed by atoms with van der Waals surface area (Å²) in [5, 5.41) is 121. The molecule has 0 saturated heterocycles. The number of carbonyl (C=O) groups is 6. The van der Waals surface area contributed by atoms with Crippen molar-refractivity contribution in [3.8, 4) is 76.3 Å². The lowest BCUT2D eigenvalue weighted by molar-refractivity contribution is 0.101. The summed E-state index contributed by atoms with van der Waals surface area (Å²) < 4.78 is 24.9. The van der Waals surface area contributed by atoms with E-state index in [-0.39, 0.29) is 103 Å². The molecule has 0 aliphatic rings. The number of phenols is 3. The van der Waals surface area contributed by atoms with Crippen molar-refractivity contribution in [1.29, 1.82) is 15.8 Å². The van der Waals surface area contributed by atoms with Gasteiger partial charge in [-0.1, -0.05) is 90.0 Å². The first-order valence-electron chi connectivity index (χ1n) is 42.6. The fourth-order valence-electron chi connectivity index (χ4n) is 14.2. The third-order valence-corrected chi connectivity index (χ3v) is 21.3. The zero-order valence-electron chi connectivity index (χ0n) is 75.5. The number of aryl methyl sites for hydroxylation is 2. The molecular weight excluding hydrogens is 1810 g/mol. The molecule has 6 heterocycles. The fraction of sp³-hybridized carbons (Fsp3) is 0.0588. The molecule has 0 saturated carbocycles. The molecule has 0 spiro atoms. The van der Waals surface area contributed by atoms with E-state index in [9.17, 15) is 59.9 Å². The van der Waals surface area contributed by atoms with E-state index in [1.165, 1.54) is 116 Å². The second-order valence-electron chi connectivity index (χ2n) is 30.5. The van der Waals surface area contributed by atoms with Crippen molar-refractivity contribution in [3.63, 3.8) is 0 Å². The van der Waals surface area contributed by atoms with Gasteiger partial charge in [0.1, 0.15) is 75.0 Å². The zero-order valence-corrected chi connectivity index (χ0v) is 75.5. The minimum absolute atomic E-state index is 0.00299. The number of hydrogen-bond donors (Lipinski definition) is 9. The smallest absolute Gasteiger partial charge is 0.259 e. The quantitative estimate of drug-likeness (QED) is 0.0240. The minimum atomic E-state index is -0.681. The van der Waals surface area contributed by atoms with Crippen molar-refractivity contribution in [2.75, 3.05) is 60.3 Å². The lowest BCUT2D eigenvalue weighted by Gasteiger charge is -2.14. The van der Waals surface area contributed by atoms with E-state index in [1.807, 2.05) is 56.3 Å². The van der Waals surface area contributed by atoms with Gasteiger partial charge in [-0.15, -0.1) is 30.7 Å². The highest BCUT2D eigenvalue weighted by atomic mass is 16.5. The molecule has 12 aromatic carbocycles.